The summed E-state index contributed by atoms with van der Waals surface area (Å²) in [7, 11) is 1.99. The fourth-order valence-electron chi connectivity index (χ4n) is 2.28. The molecule has 3 nitrogen and oxygen atoms in total. The van der Waals surface area contributed by atoms with Crippen LogP contribution >= 0.6 is 0 Å². The van der Waals surface area contributed by atoms with Crippen LogP contribution in [-0.4, -0.2) is 23.4 Å². The van der Waals surface area contributed by atoms with E-state index in [1.165, 1.54) is 29.8 Å². The summed E-state index contributed by atoms with van der Waals surface area (Å²) >= 11 is 0. The number of rotatable bonds is 6. The van der Waals surface area contributed by atoms with Crippen LogP contribution in [0.5, 0.6) is 0 Å². The lowest BCUT2D eigenvalue weighted by molar-refractivity contribution is 0.443. The van der Waals surface area contributed by atoms with Crippen molar-refractivity contribution in [3.63, 3.8) is 0 Å². The van der Waals surface area contributed by atoms with Crippen LogP contribution in [0.4, 0.5) is 0 Å². The molecule has 1 rings (SSSR count). The maximum Gasteiger partial charge on any atom is 0.0629 e. The van der Waals surface area contributed by atoms with E-state index in [2.05, 4.69) is 42.8 Å². The molecule has 1 atom stereocenters. The fraction of sp³-hybridized carbons (Fsp3) is 0.769. The van der Waals surface area contributed by atoms with E-state index in [-0.39, 0.29) is 0 Å². The molecule has 0 amide bonds. The third-order valence-electron chi connectivity index (χ3n) is 3.22. The number of nitrogens with zero attached hydrogens (tertiary/aromatic N) is 2. The number of hydrogen-bond donors (Lipinski definition) is 1. The molecule has 16 heavy (non-hydrogen) atoms. The van der Waals surface area contributed by atoms with Crippen molar-refractivity contribution in [2.75, 3.05) is 13.6 Å². The van der Waals surface area contributed by atoms with Crippen molar-refractivity contribution in [2.24, 2.45) is 0 Å². The Labute approximate surface area is 99.2 Å². The van der Waals surface area contributed by atoms with Gasteiger partial charge < -0.3 is 5.32 Å². The highest BCUT2D eigenvalue weighted by Gasteiger charge is 2.14. The van der Waals surface area contributed by atoms with Crippen molar-refractivity contribution in [1.29, 1.82) is 0 Å². The molecule has 0 aliphatic rings. The first kappa shape index (κ1) is 13.2. The van der Waals surface area contributed by atoms with Crippen LogP contribution in [-0.2, 0) is 6.42 Å². The highest BCUT2D eigenvalue weighted by Crippen LogP contribution is 2.20. The summed E-state index contributed by atoms with van der Waals surface area (Å²) in [4.78, 5) is 0. The quantitative estimate of drug-likeness (QED) is 0.803. The van der Waals surface area contributed by atoms with E-state index < -0.39 is 0 Å². The smallest absolute Gasteiger partial charge is 0.0629 e. The molecule has 0 aliphatic heterocycles. The molecule has 0 bridgehead atoms. The van der Waals surface area contributed by atoms with E-state index in [0.29, 0.717) is 6.04 Å². The molecule has 0 saturated carbocycles. The first-order valence-corrected chi connectivity index (χ1v) is 6.31. The van der Waals surface area contributed by atoms with Gasteiger partial charge >= 0.3 is 0 Å². The van der Waals surface area contributed by atoms with Crippen LogP contribution in [0.25, 0.3) is 0 Å². The van der Waals surface area contributed by atoms with Gasteiger partial charge in [-0.25, -0.2) is 0 Å². The molecule has 0 spiro atoms. The van der Waals surface area contributed by atoms with Crippen molar-refractivity contribution in [3.05, 3.63) is 17.0 Å². The average Bonchev–Trinajstić information content (AvgIpc) is 2.53. The molecule has 1 unspecified atom stereocenters. The third-order valence-corrected chi connectivity index (χ3v) is 3.22. The first-order valence-electron chi connectivity index (χ1n) is 6.31. The Bertz CT molecular complexity index is 328. The van der Waals surface area contributed by atoms with Gasteiger partial charge in [0.1, 0.15) is 0 Å². The molecule has 1 aromatic rings. The van der Waals surface area contributed by atoms with Gasteiger partial charge in [0.2, 0.25) is 0 Å². The minimum atomic E-state index is 0.520. The van der Waals surface area contributed by atoms with Gasteiger partial charge in [-0.2, -0.15) is 5.10 Å². The SMILES string of the molecule is CCCC(C)n1nc(C)c(CCNC)c1C. The maximum absolute atomic E-state index is 4.67. The Morgan fingerprint density at radius 2 is 2.06 bits per heavy atom. The van der Waals surface area contributed by atoms with Gasteiger partial charge in [-0.05, 0) is 52.8 Å². The van der Waals surface area contributed by atoms with Crippen molar-refractivity contribution >= 4 is 0 Å². The predicted molar refractivity (Wildman–Crippen MR) is 69.0 cm³/mol. The molecule has 0 saturated heterocycles. The van der Waals surface area contributed by atoms with Crippen molar-refractivity contribution < 1.29 is 0 Å². The molecule has 1 N–H and O–H groups in total. The third kappa shape index (κ3) is 2.85. The molecular weight excluding hydrogens is 198 g/mol. The highest BCUT2D eigenvalue weighted by molar-refractivity contribution is 5.25. The van der Waals surface area contributed by atoms with Crippen LogP contribution in [0, 0.1) is 13.8 Å². The van der Waals surface area contributed by atoms with Crippen LogP contribution in [0.3, 0.4) is 0 Å². The summed E-state index contributed by atoms with van der Waals surface area (Å²) < 4.78 is 2.20. The zero-order valence-electron chi connectivity index (χ0n) is 11.3. The van der Waals surface area contributed by atoms with Crippen molar-refractivity contribution in [3.8, 4) is 0 Å². The average molecular weight is 223 g/mol. The van der Waals surface area contributed by atoms with E-state index in [4.69, 9.17) is 0 Å². The second kappa shape index (κ2) is 6.04. The zero-order chi connectivity index (χ0) is 12.1. The van der Waals surface area contributed by atoms with Gasteiger partial charge in [-0.15, -0.1) is 0 Å². The number of hydrogen-bond acceptors (Lipinski definition) is 2. The second-order valence-corrected chi connectivity index (χ2v) is 4.59. The second-order valence-electron chi connectivity index (χ2n) is 4.59. The summed E-state index contributed by atoms with van der Waals surface area (Å²) in [6.07, 6.45) is 3.49. The van der Waals surface area contributed by atoms with Crippen LogP contribution < -0.4 is 5.32 Å². The van der Waals surface area contributed by atoms with Gasteiger partial charge in [0.05, 0.1) is 5.69 Å². The molecule has 0 fully saturated rings. The molecule has 3 heteroatoms. The Balaban J connectivity index is 2.87. The monoisotopic (exact) mass is 223 g/mol. The maximum atomic E-state index is 4.67. The van der Waals surface area contributed by atoms with E-state index in [1.807, 2.05) is 7.05 Å². The molecule has 0 aromatic carbocycles. The zero-order valence-corrected chi connectivity index (χ0v) is 11.3. The minimum absolute atomic E-state index is 0.520. The summed E-state index contributed by atoms with van der Waals surface area (Å²) in [5.74, 6) is 0. The Morgan fingerprint density at radius 3 is 2.62 bits per heavy atom. The number of nitrogens with one attached hydrogen (secondary N) is 1. The van der Waals surface area contributed by atoms with Gasteiger partial charge in [0.25, 0.3) is 0 Å². The topological polar surface area (TPSA) is 29.9 Å². The molecular formula is C13H25N3. The van der Waals surface area contributed by atoms with Crippen LogP contribution in [0.2, 0.25) is 0 Å². The van der Waals surface area contributed by atoms with E-state index in [0.717, 1.165) is 13.0 Å². The van der Waals surface area contributed by atoms with Crippen LogP contribution in [0.15, 0.2) is 0 Å². The Kier molecular flexibility index (Phi) is 5.00. The summed E-state index contributed by atoms with van der Waals surface area (Å²) in [6, 6.07) is 0.520. The first-order chi connectivity index (χ1) is 7.61. The molecule has 0 aliphatic carbocycles. The summed E-state index contributed by atoms with van der Waals surface area (Å²) in [5.41, 5.74) is 3.95. The van der Waals surface area contributed by atoms with Crippen LogP contribution in [0.1, 0.15) is 49.7 Å². The van der Waals surface area contributed by atoms with Gasteiger partial charge in [0.15, 0.2) is 0 Å². The standard InChI is InChI=1S/C13H25N3/c1-6-7-10(2)16-12(4)13(8-9-14-5)11(3)15-16/h10,14H,6-9H2,1-5H3. The normalized spacial score (nSPS) is 13.1. The molecule has 1 aromatic heterocycles. The lowest BCUT2D eigenvalue weighted by Crippen LogP contribution is -2.12. The number of aromatic nitrogens is 2. The van der Waals surface area contributed by atoms with Gasteiger partial charge in [0, 0.05) is 11.7 Å². The number of likely N-dealkylation sites (N-methyl/N-ethyl adjacent to an activating group) is 1. The predicted octanol–water partition coefficient (Wildman–Crippen LogP) is 2.62. The molecule has 92 valence electrons. The van der Waals surface area contributed by atoms with Crippen molar-refractivity contribution in [1.82, 2.24) is 15.1 Å². The van der Waals surface area contributed by atoms with E-state index >= 15 is 0 Å². The number of aryl methyl sites for hydroxylation is 1. The lowest BCUT2D eigenvalue weighted by Gasteiger charge is -2.13. The largest absolute Gasteiger partial charge is 0.319 e. The molecule has 0 radical (unpaired) electrons. The minimum Gasteiger partial charge on any atom is -0.319 e. The van der Waals surface area contributed by atoms with Gasteiger partial charge in [-0.3, -0.25) is 4.68 Å². The van der Waals surface area contributed by atoms with E-state index in [1.54, 1.807) is 0 Å². The van der Waals surface area contributed by atoms with Crippen molar-refractivity contribution in [2.45, 2.75) is 53.0 Å². The molecule has 1 heterocycles. The summed E-state index contributed by atoms with van der Waals surface area (Å²) in [5, 5.41) is 7.87. The highest BCUT2D eigenvalue weighted by atomic mass is 15.3. The van der Waals surface area contributed by atoms with Gasteiger partial charge in [-0.1, -0.05) is 13.3 Å². The fourth-order valence-corrected chi connectivity index (χ4v) is 2.28. The lowest BCUT2D eigenvalue weighted by atomic mass is 10.1. The van der Waals surface area contributed by atoms with E-state index in [9.17, 15) is 0 Å². The Morgan fingerprint density at radius 1 is 1.38 bits per heavy atom. The summed E-state index contributed by atoms with van der Waals surface area (Å²) in [6.45, 7) is 9.81. The Hall–Kier alpha value is -0.830.